The molecule has 0 fully saturated rings. The Morgan fingerprint density at radius 1 is 1.50 bits per heavy atom. The van der Waals surface area contributed by atoms with Crippen LogP contribution in [-0.2, 0) is 6.42 Å². The average Bonchev–Trinajstić information content (AvgIpc) is 2.09. The quantitative estimate of drug-likeness (QED) is 0.674. The minimum Gasteiger partial charge on any atom is -0.435 e. The highest BCUT2D eigenvalue weighted by Gasteiger charge is 2.08. The van der Waals surface area contributed by atoms with Crippen LogP contribution in [0, 0.1) is 6.92 Å². The summed E-state index contributed by atoms with van der Waals surface area (Å²) in [5, 5.41) is 0. The number of hydrogen-bond donors (Lipinski definition) is 0. The number of alkyl halides is 2. The molecule has 0 aromatic heterocycles. The van der Waals surface area contributed by atoms with E-state index in [1.807, 2.05) is 13.0 Å². The Labute approximate surface area is 82.0 Å². The van der Waals surface area contributed by atoms with Crippen LogP contribution in [0.5, 0.6) is 5.75 Å². The van der Waals surface area contributed by atoms with Crippen LogP contribution in [0.3, 0.4) is 0 Å². The molecule has 0 amide bonds. The highest BCUT2D eigenvalue weighted by atomic mass is 19.3. The van der Waals surface area contributed by atoms with Gasteiger partial charge < -0.3 is 4.74 Å². The van der Waals surface area contributed by atoms with Crippen molar-refractivity contribution in [2.75, 3.05) is 0 Å². The molecule has 0 radical (unpaired) electrons. The first-order chi connectivity index (χ1) is 6.63. The van der Waals surface area contributed by atoms with E-state index in [1.165, 1.54) is 0 Å². The van der Waals surface area contributed by atoms with Crippen molar-refractivity contribution in [1.29, 1.82) is 0 Å². The minimum absolute atomic E-state index is 0.227. The maximum Gasteiger partial charge on any atom is 0.387 e. The van der Waals surface area contributed by atoms with Crippen LogP contribution in [0.2, 0.25) is 0 Å². The van der Waals surface area contributed by atoms with Crippen LogP contribution in [0.1, 0.15) is 11.1 Å². The van der Waals surface area contributed by atoms with Crippen LogP contribution in [-0.4, -0.2) is 6.61 Å². The summed E-state index contributed by atoms with van der Waals surface area (Å²) in [7, 11) is 0. The first-order valence-electron chi connectivity index (χ1n) is 4.28. The normalized spacial score (nSPS) is 10.3. The van der Waals surface area contributed by atoms with Crippen LogP contribution < -0.4 is 4.74 Å². The van der Waals surface area contributed by atoms with Crippen molar-refractivity contribution in [1.82, 2.24) is 0 Å². The molecule has 0 saturated heterocycles. The smallest absolute Gasteiger partial charge is 0.387 e. The van der Waals surface area contributed by atoms with E-state index in [9.17, 15) is 8.78 Å². The summed E-state index contributed by atoms with van der Waals surface area (Å²) in [5.74, 6) is 0.227. The largest absolute Gasteiger partial charge is 0.435 e. The van der Waals surface area contributed by atoms with Gasteiger partial charge in [-0.2, -0.15) is 8.78 Å². The van der Waals surface area contributed by atoms with Gasteiger partial charge in [0.05, 0.1) is 0 Å². The van der Waals surface area contributed by atoms with Gasteiger partial charge in [0.1, 0.15) is 5.75 Å². The SMILES string of the molecule is C=CCc1cc(C)ccc1OC(F)F. The summed E-state index contributed by atoms with van der Waals surface area (Å²) < 4.78 is 28.4. The first-order valence-corrected chi connectivity index (χ1v) is 4.28. The minimum atomic E-state index is -2.78. The molecule has 3 heteroatoms. The van der Waals surface area contributed by atoms with E-state index < -0.39 is 6.61 Å². The highest BCUT2D eigenvalue weighted by Crippen LogP contribution is 2.22. The molecule has 14 heavy (non-hydrogen) atoms. The van der Waals surface area contributed by atoms with E-state index >= 15 is 0 Å². The Morgan fingerprint density at radius 2 is 2.21 bits per heavy atom. The number of halogens is 2. The van der Waals surface area contributed by atoms with Gasteiger partial charge in [-0.05, 0) is 25.0 Å². The van der Waals surface area contributed by atoms with E-state index in [0.29, 0.717) is 6.42 Å². The summed E-state index contributed by atoms with van der Waals surface area (Å²) in [5.41, 5.74) is 1.75. The third kappa shape index (κ3) is 2.83. The molecule has 0 atom stereocenters. The monoisotopic (exact) mass is 198 g/mol. The molecular weight excluding hydrogens is 186 g/mol. The Kier molecular flexibility index (Phi) is 3.63. The molecule has 0 N–H and O–H groups in total. The van der Waals surface area contributed by atoms with Crippen LogP contribution in [0.15, 0.2) is 30.9 Å². The van der Waals surface area contributed by atoms with Gasteiger partial charge in [-0.25, -0.2) is 0 Å². The number of hydrogen-bond acceptors (Lipinski definition) is 1. The standard InChI is InChI=1S/C11H12F2O/c1-3-4-9-7-8(2)5-6-10(9)14-11(12)13/h3,5-7,11H,1,4H2,2H3. The van der Waals surface area contributed by atoms with E-state index in [4.69, 9.17) is 0 Å². The van der Waals surface area contributed by atoms with E-state index in [2.05, 4.69) is 11.3 Å². The second-order valence-electron chi connectivity index (χ2n) is 2.98. The summed E-state index contributed by atoms with van der Waals surface area (Å²) in [6, 6.07) is 5.12. The molecule has 1 aromatic carbocycles. The zero-order valence-electron chi connectivity index (χ0n) is 7.97. The van der Waals surface area contributed by atoms with Gasteiger partial charge >= 0.3 is 6.61 Å². The van der Waals surface area contributed by atoms with Gasteiger partial charge in [0.25, 0.3) is 0 Å². The fourth-order valence-electron chi connectivity index (χ4n) is 1.23. The number of ether oxygens (including phenoxy) is 1. The number of rotatable bonds is 4. The van der Waals surface area contributed by atoms with Gasteiger partial charge in [0.15, 0.2) is 0 Å². The zero-order valence-corrected chi connectivity index (χ0v) is 7.97. The predicted octanol–water partition coefficient (Wildman–Crippen LogP) is 3.32. The molecule has 76 valence electrons. The molecule has 1 nitrogen and oxygen atoms in total. The Balaban J connectivity index is 2.95. The third-order valence-electron chi connectivity index (χ3n) is 1.80. The topological polar surface area (TPSA) is 9.23 Å². The molecule has 0 unspecified atom stereocenters. The van der Waals surface area contributed by atoms with Crippen molar-refractivity contribution in [2.45, 2.75) is 20.0 Å². The molecule has 1 aromatic rings. The maximum atomic E-state index is 12.0. The molecule has 0 spiro atoms. The van der Waals surface area contributed by atoms with Gasteiger partial charge in [-0.15, -0.1) is 6.58 Å². The second-order valence-corrected chi connectivity index (χ2v) is 2.98. The van der Waals surface area contributed by atoms with Crippen molar-refractivity contribution in [3.8, 4) is 5.75 Å². The predicted molar refractivity (Wildman–Crippen MR) is 51.7 cm³/mol. The van der Waals surface area contributed by atoms with Gasteiger partial charge in [-0.3, -0.25) is 0 Å². The highest BCUT2D eigenvalue weighted by molar-refractivity contribution is 5.38. The summed E-state index contributed by atoms with van der Waals surface area (Å²) >= 11 is 0. The Bertz CT molecular complexity index is 321. The zero-order chi connectivity index (χ0) is 10.6. The van der Waals surface area contributed by atoms with Gasteiger partial charge in [0, 0.05) is 0 Å². The van der Waals surface area contributed by atoms with E-state index in [-0.39, 0.29) is 5.75 Å². The Morgan fingerprint density at radius 3 is 2.79 bits per heavy atom. The molecule has 0 aliphatic rings. The Hall–Kier alpha value is -1.38. The average molecular weight is 198 g/mol. The van der Waals surface area contributed by atoms with Gasteiger partial charge in [-0.1, -0.05) is 23.8 Å². The van der Waals surface area contributed by atoms with E-state index in [0.717, 1.165) is 11.1 Å². The van der Waals surface area contributed by atoms with Gasteiger partial charge in [0.2, 0.25) is 0 Å². The molecule has 0 saturated carbocycles. The second kappa shape index (κ2) is 4.74. The third-order valence-corrected chi connectivity index (χ3v) is 1.80. The number of benzene rings is 1. The fraction of sp³-hybridized carbons (Fsp3) is 0.273. The molecule has 0 aliphatic heterocycles. The van der Waals surface area contributed by atoms with E-state index in [1.54, 1.807) is 18.2 Å². The van der Waals surface area contributed by atoms with Crippen molar-refractivity contribution in [3.63, 3.8) is 0 Å². The van der Waals surface area contributed by atoms with Crippen molar-refractivity contribution in [2.24, 2.45) is 0 Å². The maximum absolute atomic E-state index is 12.0. The lowest BCUT2D eigenvalue weighted by Gasteiger charge is -2.09. The van der Waals surface area contributed by atoms with Crippen molar-refractivity contribution < 1.29 is 13.5 Å². The fourth-order valence-corrected chi connectivity index (χ4v) is 1.23. The molecule has 0 heterocycles. The van der Waals surface area contributed by atoms with Crippen molar-refractivity contribution >= 4 is 0 Å². The first kappa shape index (κ1) is 10.7. The van der Waals surface area contributed by atoms with Crippen LogP contribution in [0.25, 0.3) is 0 Å². The number of allylic oxidation sites excluding steroid dienone is 1. The summed E-state index contributed by atoms with van der Waals surface area (Å²) in [6.45, 7) is 2.69. The summed E-state index contributed by atoms with van der Waals surface area (Å²) in [4.78, 5) is 0. The molecular formula is C11H12F2O. The van der Waals surface area contributed by atoms with Crippen molar-refractivity contribution in [3.05, 3.63) is 42.0 Å². The van der Waals surface area contributed by atoms with Crippen LogP contribution >= 0.6 is 0 Å². The molecule has 0 aliphatic carbocycles. The lowest BCUT2D eigenvalue weighted by Crippen LogP contribution is -2.04. The number of aryl methyl sites for hydroxylation is 1. The lowest BCUT2D eigenvalue weighted by atomic mass is 10.1. The summed E-state index contributed by atoms with van der Waals surface area (Å²) in [6.07, 6.45) is 2.19. The molecule has 0 bridgehead atoms. The van der Waals surface area contributed by atoms with Crippen LogP contribution in [0.4, 0.5) is 8.78 Å². The molecule has 1 rings (SSSR count). The lowest BCUT2D eigenvalue weighted by molar-refractivity contribution is -0.0503.